The van der Waals surface area contributed by atoms with Crippen molar-refractivity contribution in [3.05, 3.63) is 34.9 Å². The molecule has 0 fully saturated rings. The fraction of sp³-hybridized carbons (Fsp3) is 0.308. The van der Waals surface area contributed by atoms with Gasteiger partial charge in [-0.15, -0.1) is 0 Å². The van der Waals surface area contributed by atoms with E-state index in [2.05, 4.69) is 11.3 Å². The maximum atomic E-state index is 11.3. The second-order valence-electron chi connectivity index (χ2n) is 3.66. The zero-order valence-corrected chi connectivity index (χ0v) is 11.7. The van der Waals surface area contributed by atoms with Crippen LogP contribution in [0.4, 0.5) is 0 Å². The van der Waals surface area contributed by atoms with E-state index in [1.54, 1.807) is 0 Å². The van der Waals surface area contributed by atoms with Gasteiger partial charge in [-0.3, -0.25) is 0 Å². The van der Waals surface area contributed by atoms with Gasteiger partial charge in [0.2, 0.25) is 0 Å². The zero-order valence-electron chi connectivity index (χ0n) is 10.9. The summed E-state index contributed by atoms with van der Waals surface area (Å²) in [5, 5.41) is 10.3. The molecule has 1 unspecified atom stereocenters. The molecule has 5 nitrogen and oxygen atoms in total. The molecule has 0 aromatic heterocycles. The molecule has 0 spiro atoms. The minimum atomic E-state index is -1.23. The van der Waals surface area contributed by atoms with Gasteiger partial charge >= 0.3 is 5.97 Å². The highest BCUT2D eigenvalue weighted by molar-refractivity contribution is 6.32. The molecule has 6 heteroatoms. The topological polar surface area (TPSA) is 65.0 Å². The van der Waals surface area contributed by atoms with Crippen molar-refractivity contribution in [3.8, 4) is 11.5 Å². The lowest BCUT2D eigenvalue weighted by Crippen LogP contribution is -2.12. The molecule has 104 valence electrons. The Balaban J connectivity index is 3.18. The first-order valence-electron chi connectivity index (χ1n) is 5.32. The molecule has 1 rings (SSSR count). The van der Waals surface area contributed by atoms with E-state index in [9.17, 15) is 9.90 Å². The summed E-state index contributed by atoms with van der Waals surface area (Å²) in [6.07, 6.45) is -1.23. The van der Waals surface area contributed by atoms with Crippen LogP contribution >= 0.6 is 11.6 Å². The quantitative estimate of drug-likeness (QED) is 0.663. The third-order valence-corrected chi connectivity index (χ3v) is 2.83. The van der Waals surface area contributed by atoms with Crippen LogP contribution in [0.15, 0.2) is 24.3 Å². The van der Waals surface area contributed by atoms with E-state index in [0.717, 1.165) is 0 Å². The lowest BCUT2D eigenvalue weighted by molar-refractivity contribution is -0.137. The first kappa shape index (κ1) is 15.3. The third kappa shape index (κ3) is 3.19. The maximum absolute atomic E-state index is 11.3. The van der Waals surface area contributed by atoms with Crippen LogP contribution in [0.1, 0.15) is 11.7 Å². The Morgan fingerprint density at radius 1 is 1.32 bits per heavy atom. The van der Waals surface area contributed by atoms with Gasteiger partial charge < -0.3 is 19.3 Å². The Labute approximate surface area is 116 Å². The van der Waals surface area contributed by atoms with Gasteiger partial charge in [-0.25, -0.2) is 4.79 Å². The highest BCUT2D eigenvalue weighted by Crippen LogP contribution is 2.38. The number of halogens is 1. The monoisotopic (exact) mass is 286 g/mol. The van der Waals surface area contributed by atoms with Crippen molar-refractivity contribution in [3.63, 3.8) is 0 Å². The van der Waals surface area contributed by atoms with Crippen LogP contribution in [0.2, 0.25) is 5.02 Å². The molecule has 0 saturated heterocycles. The second-order valence-corrected chi connectivity index (χ2v) is 4.06. The van der Waals surface area contributed by atoms with Gasteiger partial charge in [-0.2, -0.15) is 0 Å². The molecule has 19 heavy (non-hydrogen) atoms. The average molecular weight is 287 g/mol. The van der Waals surface area contributed by atoms with Gasteiger partial charge in [0.25, 0.3) is 0 Å². The highest BCUT2D eigenvalue weighted by Gasteiger charge is 2.22. The molecule has 1 N–H and O–H groups in total. The number of carbonyl (C=O) groups excluding carboxylic acids is 1. The summed E-state index contributed by atoms with van der Waals surface area (Å²) >= 11 is 6.01. The SMILES string of the molecule is C=C(C(=O)OC)C(O)c1cc(Cl)c(OC)c(OC)c1. The number of hydrogen-bond acceptors (Lipinski definition) is 5. The van der Waals surface area contributed by atoms with Crippen molar-refractivity contribution < 1.29 is 24.1 Å². The van der Waals surface area contributed by atoms with Crippen LogP contribution in [-0.4, -0.2) is 32.4 Å². The number of hydrogen-bond donors (Lipinski definition) is 1. The van der Waals surface area contributed by atoms with Crippen LogP contribution in [0, 0.1) is 0 Å². The van der Waals surface area contributed by atoms with Gasteiger partial charge in [-0.05, 0) is 17.7 Å². The molecular formula is C13H15ClO5. The first-order valence-corrected chi connectivity index (χ1v) is 5.70. The largest absolute Gasteiger partial charge is 0.493 e. The van der Waals surface area contributed by atoms with E-state index in [4.69, 9.17) is 21.1 Å². The summed E-state index contributed by atoms with van der Waals surface area (Å²) in [4.78, 5) is 11.3. The minimum Gasteiger partial charge on any atom is -0.493 e. The summed E-state index contributed by atoms with van der Waals surface area (Å²) in [5.74, 6) is 0.00363. The molecular weight excluding hydrogens is 272 g/mol. The van der Waals surface area contributed by atoms with Crippen LogP contribution in [0.25, 0.3) is 0 Å². The van der Waals surface area contributed by atoms with Crippen LogP contribution in [0.3, 0.4) is 0 Å². The van der Waals surface area contributed by atoms with Crippen LogP contribution in [-0.2, 0) is 9.53 Å². The maximum Gasteiger partial charge on any atom is 0.336 e. The number of carbonyl (C=O) groups is 1. The van der Waals surface area contributed by atoms with Gasteiger partial charge in [0.05, 0.1) is 31.9 Å². The smallest absolute Gasteiger partial charge is 0.336 e. The predicted molar refractivity (Wildman–Crippen MR) is 70.7 cm³/mol. The fourth-order valence-electron chi connectivity index (χ4n) is 1.54. The number of benzene rings is 1. The van der Waals surface area contributed by atoms with Crippen molar-refractivity contribution in [2.75, 3.05) is 21.3 Å². The average Bonchev–Trinajstić information content (AvgIpc) is 2.43. The number of aliphatic hydroxyl groups excluding tert-OH is 1. The summed E-state index contributed by atoms with van der Waals surface area (Å²) < 4.78 is 14.7. The van der Waals surface area contributed by atoms with Gasteiger partial charge in [0.1, 0.15) is 6.10 Å². The van der Waals surface area contributed by atoms with E-state index < -0.39 is 12.1 Å². The number of methoxy groups -OCH3 is 3. The molecule has 0 amide bonds. The second kappa shape index (κ2) is 6.45. The van der Waals surface area contributed by atoms with Crippen molar-refractivity contribution in [2.24, 2.45) is 0 Å². The summed E-state index contributed by atoms with van der Waals surface area (Å²) in [5.41, 5.74) is 0.267. The van der Waals surface area contributed by atoms with E-state index >= 15 is 0 Å². The number of esters is 1. The third-order valence-electron chi connectivity index (χ3n) is 2.55. The Hall–Kier alpha value is -1.72. The van der Waals surface area contributed by atoms with Crippen molar-refractivity contribution in [1.29, 1.82) is 0 Å². The van der Waals surface area contributed by atoms with E-state index in [1.165, 1.54) is 33.5 Å². The molecule has 0 saturated carbocycles. The van der Waals surface area contributed by atoms with E-state index in [-0.39, 0.29) is 10.6 Å². The Kier molecular flexibility index (Phi) is 5.20. The Morgan fingerprint density at radius 2 is 1.95 bits per heavy atom. The number of rotatable bonds is 5. The van der Waals surface area contributed by atoms with Crippen molar-refractivity contribution in [1.82, 2.24) is 0 Å². The molecule has 0 aliphatic heterocycles. The van der Waals surface area contributed by atoms with Gasteiger partial charge in [0.15, 0.2) is 11.5 Å². The van der Waals surface area contributed by atoms with Crippen molar-refractivity contribution >= 4 is 17.6 Å². The standard InChI is InChI=1S/C13H15ClO5/c1-7(13(16)19-4)11(15)8-5-9(14)12(18-3)10(6-8)17-2/h5-6,11,15H,1H2,2-4H3. The lowest BCUT2D eigenvalue weighted by atomic mass is 10.0. The number of aliphatic hydroxyl groups is 1. The van der Waals surface area contributed by atoms with Crippen LogP contribution in [0.5, 0.6) is 11.5 Å². The summed E-state index contributed by atoms with van der Waals surface area (Å²) in [6.45, 7) is 3.49. The van der Waals surface area contributed by atoms with E-state index in [0.29, 0.717) is 17.1 Å². The Bertz CT molecular complexity index is 498. The van der Waals surface area contributed by atoms with Crippen molar-refractivity contribution in [2.45, 2.75) is 6.10 Å². The molecule has 0 heterocycles. The highest BCUT2D eigenvalue weighted by atomic mass is 35.5. The fourth-order valence-corrected chi connectivity index (χ4v) is 1.84. The normalized spacial score (nSPS) is 11.6. The Morgan fingerprint density at radius 3 is 2.42 bits per heavy atom. The predicted octanol–water partition coefficient (Wildman–Crippen LogP) is 2.12. The summed E-state index contributed by atoms with van der Waals surface area (Å²) in [7, 11) is 4.11. The minimum absolute atomic E-state index is 0.0919. The molecule has 0 aliphatic carbocycles. The first-order chi connectivity index (χ1) is 8.96. The van der Waals surface area contributed by atoms with Crippen LogP contribution < -0.4 is 9.47 Å². The molecule has 0 radical (unpaired) electrons. The summed E-state index contributed by atoms with van der Waals surface area (Å²) in [6, 6.07) is 2.99. The number of ether oxygens (including phenoxy) is 3. The molecule has 1 atom stereocenters. The zero-order chi connectivity index (χ0) is 14.6. The van der Waals surface area contributed by atoms with E-state index in [1.807, 2.05) is 0 Å². The molecule has 0 aliphatic rings. The molecule has 1 aromatic carbocycles. The van der Waals surface area contributed by atoms with Gasteiger partial charge in [0, 0.05) is 0 Å². The molecule has 1 aromatic rings. The lowest BCUT2D eigenvalue weighted by Gasteiger charge is -2.16. The van der Waals surface area contributed by atoms with Gasteiger partial charge in [-0.1, -0.05) is 18.2 Å². The molecule has 0 bridgehead atoms.